The first kappa shape index (κ1) is 11.5. The van der Waals surface area contributed by atoms with Crippen LogP contribution in [0.2, 0.25) is 0 Å². The first-order valence-corrected chi connectivity index (χ1v) is 5.26. The third-order valence-corrected chi connectivity index (χ3v) is 2.67. The summed E-state index contributed by atoms with van der Waals surface area (Å²) in [4.78, 5) is 2.30. The van der Waals surface area contributed by atoms with Crippen molar-refractivity contribution in [1.29, 1.82) is 5.26 Å². The molecule has 14 heavy (non-hydrogen) atoms. The van der Waals surface area contributed by atoms with Crippen LogP contribution >= 0.6 is 0 Å². The maximum atomic E-state index is 9.09. The Morgan fingerprint density at radius 3 is 2.29 bits per heavy atom. The van der Waals surface area contributed by atoms with E-state index in [1.165, 1.54) is 0 Å². The normalized spacial score (nSPS) is 20.9. The van der Waals surface area contributed by atoms with E-state index in [4.69, 9.17) is 10.00 Å². The summed E-state index contributed by atoms with van der Waals surface area (Å²) in [6.07, 6.45) is 0.216. The van der Waals surface area contributed by atoms with E-state index in [1.807, 2.05) is 13.8 Å². The summed E-state index contributed by atoms with van der Waals surface area (Å²) in [5.41, 5.74) is -0.242. The molecule has 0 aliphatic carbocycles. The molecular weight excluding hydrogens is 176 g/mol. The van der Waals surface area contributed by atoms with Gasteiger partial charge in [-0.15, -0.1) is 0 Å². The van der Waals surface area contributed by atoms with Crippen molar-refractivity contribution >= 4 is 0 Å². The maximum Gasteiger partial charge on any atom is 0.106 e. The van der Waals surface area contributed by atoms with Crippen molar-refractivity contribution in [2.75, 3.05) is 19.7 Å². The predicted octanol–water partition coefficient (Wildman–Crippen LogP) is 1.65. The molecule has 1 saturated heterocycles. The molecule has 3 heteroatoms. The molecular formula is C11H20N2O. The number of hydrogen-bond donors (Lipinski definition) is 0. The van der Waals surface area contributed by atoms with Crippen molar-refractivity contribution < 1.29 is 4.74 Å². The van der Waals surface area contributed by atoms with Crippen LogP contribution in [-0.2, 0) is 4.74 Å². The monoisotopic (exact) mass is 196 g/mol. The summed E-state index contributed by atoms with van der Waals surface area (Å²) < 4.78 is 5.52. The van der Waals surface area contributed by atoms with Crippen LogP contribution in [0.1, 0.15) is 27.7 Å². The van der Waals surface area contributed by atoms with Gasteiger partial charge in [0.25, 0.3) is 0 Å². The van der Waals surface area contributed by atoms with Gasteiger partial charge >= 0.3 is 0 Å². The Morgan fingerprint density at radius 2 is 1.93 bits per heavy atom. The van der Waals surface area contributed by atoms with Gasteiger partial charge in [0.1, 0.15) is 5.41 Å². The Hall–Kier alpha value is -0.590. The lowest BCUT2D eigenvalue weighted by molar-refractivity contribution is -0.0594. The van der Waals surface area contributed by atoms with Gasteiger partial charge in [-0.05, 0) is 27.7 Å². The van der Waals surface area contributed by atoms with Crippen molar-refractivity contribution in [1.82, 2.24) is 4.90 Å². The molecule has 0 aromatic heterocycles. The van der Waals surface area contributed by atoms with Crippen LogP contribution < -0.4 is 0 Å². The Bertz CT molecular complexity index is 218. The number of rotatable bonds is 4. The molecule has 0 spiro atoms. The fourth-order valence-electron chi connectivity index (χ4n) is 1.62. The van der Waals surface area contributed by atoms with Crippen LogP contribution in [-0.4, -0.2) is 36.7 Å². The average Bonchev–Trinajstić information content (AvgIpc) is 2.02. The number of hydrogen-bond acceptors (Lipinski definition) is 3. The lowest BCUT2D eigenvalue weighted by Gasteiger charge is -2.47. The zero-order chi connectivity index (χ0) is 10.8. The fourth-order valence-corrected chi connectivity index (χ4v) is 1.62. The molecule has 0 atom stereocenters. The van der Waals surface area contributed by atoms with Crippen LogP contribution in [0.15, 0.2) is 0 Å². The average molecular weight is 196 g/mol. The van der Waals surface area contributed by atoms with E-state index >= 15 is 0 Å². The van der Waals surface area contributed by atoms with Gasteiger partial charge in [0.05, 0.1) is 18.8 Å². The fraction of sp³-hybridized carbons (Fsp3) is 0.909. The largest absolute Gasteiger partial charge is 0.377 e. The van der Waals surface area contributed by atoms with Gasteiger partial charge in [0, 0.05) is 19.1 Å². The summed E-state index contributed by atoms with van der Waals surface area (Å²) in [6, 6.07) is 2.93. The van der Waals surface area contributed by atoms with Crippen molar-refractivity contribution in [2.24, 2.45) is 5.41 Å². The van der Waals surface area contributed by atoms with Crippen LogP contribution in [0.3, 0.4) is 0 Å². The molecule has 1 aliphatic heterocycles. The molecule has 3 nitrogen and oxygen atoms in total. The summed E-state index contributed by atoms with van der Waals surface area (Å²) >= 11 is 0. The van der Waals surface area contributed by atoms with Crippen LogP contribution in [0, 0.1) is 16.7 Å². The Kier molecular flexibility index (Phi) is 3.52. The number of nitrogens with zero attached hydrogens (tertiary/aromatic N) is 2. The Labute approximate surface area is 86.6 Å². The summed E-state index contributed by atoms with van der Waals surface area (Å²) in [7, 11) is 0. The zero-order valence-electron chi connectivity index (χ0n) is 9.58. The van der Waals surface area contributed by atoms with E-state index < -0.39 is 0 Å². The van der Waals surface area contributed by atoms with Gasteiger partial charge in [-0.2, -0.15) is 5.26 Å². The van der Waals surface area contributed by atoms with Crippen LogP contribution in [0.25, 0.3) is 0 Å². The van der Waals surface area contributed by atoms with Gasteiger partial charge in [-0.3, -0.25) is 4.90 Å². The van der Waals surface area contributed by atoms with Crippen LogP contribution in [0.5, 0.6) is 0 Å². The van der Waals surface area contributed by atoms with Crippen molar-refractivity contribution in [3.8, 4) is 6.07 Å². The molecule has 0 radical (unpaired) electrons. The van der Waals surface area contributed by atoms with Gasteiger partial charge in [0.2, 0.25) is 0 Å². The zero-order valence-corrected chi connectivity index (χ0v) is 9.58. The Balaban J connectivity index is 2.38. The SMILES string of the molecule is CC(C)OCC1(C#N)CN(C(C)C)C1. The van der Waals surface area contributed by atoms with Crippen molar-refractivity contribution in [2.45, 2.75) is 39.8 Å². The van der Waals surface area contributed by atoms with Gasteiger partial charge in [-0.1, -0.05) is 0 Å². The molecule has 0 unspecified atom stereocenters. The van der Waals surface area contributed by atoms with Crippen molar-refractivity contribution in [3.05, 3.63) is 0 Å². The maximum absolute atomic E-state index is 9.09. The molecule has 0 bridgehead atoms. The molecule has 1 heterocycles. The highest BCUT2D eigenvalue weighted by Gasteiger charge is 2.44. The lowest BCUT2D eigenvalue weighted by atomic mass is 9.81. The van der Waals surface area contributed by atoms with E-state index in [0.717, 1.165) is 13.1 Å². The Morgan fingerprint density at radius 1 is 1.36 bits per heavy atom. The first-order valence-electron chi connectivity index (χ1n) is 5.26. The van der Waals surface area contributed by atoms with E-state index in [0.29, 0.717) is 12.6 Å². The van der Waals surface area contributed by atoms with Crippen molar-refractivity contribution in [3.63, 3.8) is 0 Å². The molecule has 0 aromatic carbocycles. The minimum atomic E-state index is -0.242. The molecule has 0 amide bonds. The summed E-state index contributed by atoms with van der Waals surface area (Å²) in [5, 5.41) is 9.09. The molecule has 1 rings (SSSR count). The third-order valence-electron chi connectivity index (χ3n) is 2.67. The number of ether oxygens (including phenoxy) is 1. The highest BCUT2D eigenvalue weighted by atomic mass is 16.5. The minimum absolute atomic E-state index is 0.216. The molecule has 0 N–H and O–H groups in total. The smallest absolute Gasteiger partial charge is 0.106 e. The first-order chi connectivity index (χ1) is 6.49. The highest BCUT2D eigenvalue weighted by Crippen LogP contribution is 2.31. The third kappa shape index (κ3) is 2.46. The number of likely N-dealkylation sites (tertiary alicyclic amines) is 1. The molecule has 0 aromatic rings. The topological polar surface area (TPSA) is 36.3 Å². The van der Waals surface area contributed by atoms with E-state index in [2.05, 4.69) is 24.8 Å². The van der Waals surface area contributed by atoms with E-state index in [1.54, 1.807) is 0 Å². The molecule has 0 saturated carbocycles. The second-order valence-electron chi connectivity index (χ2n) is 4.75. The second kappa shape index (κ2) is 4.29. The van der Waals surface area contributed by atoms with E-state index in [-0.39, 0.29) is 11.5 Å². The van der Waals surface area contributed by atoms with Gasteiger partial charge < -0.3 is 4.74 Å². The molecule has 1 fully saturated rings. The lowest BCUT2D eigenvalue weighted by Crippen LogP contribution is -2.60. The predicted molar refractivity (Wildman–Crippen MR) is 55.8 cm³/mol. The summed E-state index contributed by atoms with van der Waals surface area (Å²) in [5.74, 6) is 0. The minimum Gasteiger partial charge on any atom is -0.377 e. The van der Waals surface area contributed by atoms with E-state index in [9.17, 15) is 0 Å². The quantitative estimate of drug-likeness (QED) is 0.686. The highest BCUT2D eigenvalue weighted by molar-refractivity contribution is 5.10. The number of nitriles is 1. The van der Waals surface area contributed by atoms with Crippen LogP contribution in [0.4, 0.5) is 0 Å². The standard InChI is InChI=1S/C11H20N2O/c1-9(2)13-6-11(5-12,7-13)8-14-10(3)4/h9-10H,6-8H2,1-4H3. The molecule has 80 valence electrons. The molecule has 1 aliphatic rings. The van der Waals surface area contributed by atoms with Gasteiger partial charge in [0.15, 0.2) is 0 Å². The van der Waals surface area contributed by atoms with Gasteiger partial charge in [-0.25, -0.2) is 0 Å². The second-order valence-corrected chi connectivity index (χ2v) is 4.75. The summed E-state index contributed by atoms with van der Waals surface area (Å²) in [6.45, 7) is 10.6.